The molecule has 1 aromatic rings. The number of fused-ring (bicyclic) bond motifs is 1. The first-order chi connectivity index (χ1) is 12.5. The third kappa shape index (κ3) is 3.27. The van der Waals surface area contributed by atoms with Crippen LogP contribution in [-0.4, -0.2) is 34.6 Å². The van der Waals surface area contributed by atoms with Crippen LogP contribution in [0.1, 0.15) is 44.0 Å². The van der Waals surface area contributed by atoms with Crippen LogP contribution in [0.25, 0.3) is 0 Å². The van der Waals surface area contributed by atoms with Crippen LogP contribution in [0.15, 0.2) is 18.2 Å². The molecular weight excluding hydrogens is 356 g/mol. The highest BCUT2D eigenvalue weighted by molar-refractivity contribution is 5.91. The summed E-state index contributed by atoms with van der Waals surface area (Å²) in [7, 11) is 1.56. The van der Waals surface area contributed by atoms with Crippen LogP contribution in [0.3, 0.4) is 0 Å². The van der Waals surface area contributed by atoms with Gasteiger partial charge in [-0.15, -0.1) is 0 Å². The second kappa shape index (κ2) is 6.26. The predicted octanol–water partition coefficient (Wildman–Crippen LogP) is 3.50. The molecule has 4 atom stereocenters. The van der Waals surface area contributed by atoms with E-state index >= 15 is 0 Å². The van der Waals surface area contributed by atoms with Gasteiger partial charge in [-0.2, -0.15) is 0 Å². The van der Waals surface area contributed by atoms with Crippen LogP contribution in [0, 0.1) is 37.5 Å². The van der Waals surface area contributed by atoms with Crippen molar-refractivity contribution in [1.82, 2.24) is 0 Å². The van der Waals surface area contributed by atoms with Gasteiger partial charge in [0.15, 0.2) is 0 Å². The van der Waals surface area contributed by atoms with E-state index in [1.807, 2.05) is 0 Å². The molecule has 0 spiro atoms. The summed E-state index contributed by atoms with van der Waals surface area (Å²) < 4.78 is 11.3. The van der Waals surface area contributed by atoms with E-state index in [4.69, 9.17) is 9.47 Å². The van der Waals surface area contributed by atoms with E-state index in [1.54, 1.807) is 14.0 Å². The minimum atomic E-state index is -0.903. The van der Waals surface area contributed by atoms with Crippen molar-refractivity contribution < 1.29 is 24.1 Å². The Balaban J connectivity index is 1.88. The standard InChI is InChI=1S/C18H22N2O7/c1-17(2)13-8-15(26-4)18(3,9-14(13)17)27-16(21)10-5-11(19(22)23)7-12(6-10)20(24)25/h5-7,13-15H,8-9H2,1-4H3. The lowest BCUT2D eigenvalue weighted by Crippen LogP contribution is -2.47. The fourth-order valence-electron chi connectivity index (χ4n) is 4.43. The number of nitrogens with zero attached hydrogens (tertiary/aromatic N) is 2. The number of esters is 1. The molecule has 146 valence electrons. The summed E-state index contributed by atoms with van der Waals surface area (Å²) in [6.07, 6.45) is 1.07. The first-order valence-corrected chi connectivity index (χ1v) is 8.69. The first-order valence-electron chi connectivity index (χ1n) is 8.69. The lowest BCUT2D eigenvalue weighted by Gasteiger charge is -2.39. The summed E-state index contributed by atoms with van der Waals surface area (Å²) in [5, 5.41) is 22.1. The van der Waals surface area contributed by atoms with E-state index in [0.717, 1.165) is 24.6 Å². The summed E-state index contributed by atoms with van der Waals surface area (Å²) in [6, 6.07) is 2.80. The van der Waals surface area contributed by atoms with Gasteiger partial charge in [-0.25, -0.2) is 4.79 Å². The predicted molar refractivity (Wildman–Crippen MR) is 94.4 cm³/mol. The number of carbonyl (C=O) groups excluding carboxylic acids is 1. The van der Waals surface area contributed by atoms with Gasteiger partial charge in [-0.05, 0) is 37.0 Å². The number of nitro benzene ring substituents is 2. The van der Waals surface area contributed by atoms with Crippen molar-refractivity contribution in [2.45, 2.75) is 45.3 Å². The average molecular weight is 378 g/mol. The van der Waals surface area contributed by atoms with E-state index in [9.17, 15) is 25.0 Å². The minimum Gasteiger partial charge on any atom is -0.453 e. The number of non-ortho nitro benzene ring substituents is 2. The fourth-order valence-corrected chi connectivity index (χ4v) is 4.43. The van der Waals surface area contributed by atoms with Gasteiger partial charge in [0, 0.05) is 19.2 Å². The van der Waals surface area contributed by atoms with E-state index in [1.165, 1.54) is 0 Å². The van der Waals surface area contributed by atoms with Gasteiger partial charge in [0.1, 0.15) is 5.60 Å². The minimum absolute atomic E-state index is 0.158. The van der Waals surface area contributed by atoms with Crippen LogP contribution in [-0.2, 0) is 9.47 Å². The molecule has 2 aliphatic carbocycles. The smallest absolute Gasteiger partial charge is 0.339 e. The molecule has 0 bridgehead atoms. The highest BCUT2D eigenvalue weighted by atomic mass is 16.6. The van der Waals surface area contributed by atoms with E-state index in [-0.39, 0.29) is 17.1 Å². The second-order valence-corrected chi connectivity index (χ2v) is 8.15. The number of nitro groups is 2. The van der Waals surface area contributed by atoms with Gasteiger partial charge in [0.2, 0.25) is 0 Å². The summed E-state index contributed by atoms with van der Waals surface area (Å²) in [6.45, 7) is 6.13. The number of rotatable bonds is 5. The monoisotopic (exact) mass is 378 g/mol. The summed E-state index contributed by atoms with van der Waals surface area (Å²) in [5.74, 6) is 0.0810. The molecule has 1 aromatic carbocycles. The zero-order chi connectivity index (χ0) is 20.1. The van der Waals surface area contributed by atoms with Crippen molar-refractivity contribution in [2.24, 2.45) is 17.3 Å². The molecule has 9 heteroatoms. The Labute approximate surface area is 155 Å². The molecule has 2 saturated carbocycles. The van der Waals surface area contributed by atoms with Gasteiger partial charge in [-0.1, -0.05) is 13.8 Å². The van der Waals surface area contributed by atoms with Crippen LogP contribution in [0.2, 0.25) is 0 Å². The molecule has 0 aliphatic heterocycles. The normalized spacial score (nSPS) is 30.9. The maximum atomic E-state index is 12.7. The number of methoxy groups -OCH3 is 1. The lowest BCUT2D eigenvalue weighted by molar-refractivity contribution is -0.394. The Morgan fingerprint density at radius 1 is 1.07 bits per heavy atom. The van der Waals surface area contributed by atoms with Crippen molar-refractivity contribution in [3.8, 4) is 0 Å². The van der Waals surface area contributed by atoms with Crippen molar-refractivity contribution in [3.05, 3.63) is 44.0 Å². The Morgan fingerprint density at radius 2 is 1.63 bits per heavy atom. The Kier molecular flexibility index (Phi) is 4.46. The average Bonchev–Trinajstić information content (AvgIpc) is 3.11. The highest BCUT2D eigenvalue weighted by Crippen LogP contribution is 2.67. The fraction of sp³-hybridized carbons (Fsp3) is 0.611. The molecule has 2 fully saturated rings. The quantitative estimate of drug-likeness (QED) is 0.436. The number of ether oxygens (including phenoxy) is 2. The molecule has 0 saturated heterocycles. The SMILES string of the molecule is COC1CC2C(CC1(C)OC(=O)c1cc([N+](=O)[O-])cc([N+](=O)[O-])c1)C2(C)C. The lowest BCUT2D eigenvalue weighted by atomic mass is 9.83. The maximum Gasteiger partial charge on any atom is 0.339 e. The summed E-state index contributed by atoms with van der Waals surface area (Å²) >= 11 is 0. The molecule has 27 heavy (non-hydrogen) atoms. The van der Waals surface area contributed by atoms with Gasteiger partial charge < -0.3 is 9.47 Å². The van der Waals surface area contributed by atoms with E-state index in [2.05, 4.69) is 13.8 Å². The number of hydrogen-bond acceptors (Lipinski definition) is 7. The van der Waals surface area contributed by atoms with E-state index < -0.39 is 32.8 Å². The first kappa shape index (κ1) is 19.2. The van der Waals surface area contributed by atoms with Gasteiger partial charge in [0.05, 0.1) is 27.6 Å². The number of carbonyl (C=O) groups is 1. The molecule has 9 nitrogen and oxygen atoms in total. The van der Waals surface area contributed by atoms with Crippen molar-refractivity contribution >= 4 is 17.3 Å². The second-order valence-electron chi connectivity index (χ2n) is 8.15. The third-order valence-electron chi connectivity index (χ3n) is 6.23. The van der Waals surface area contributed by atoms with E-state index in [0.29, 0.717) is 18.3 Å². The molecule has 0 radical (unpaired) electrons. The summed E-state index contributed by atoms with van der Waals surface area (Å²) in [5.41, 5.74) is -2.02. The van der Waals surface area contributed by atoms with Crippen LogP contribution in [0.5, 0.6) is 0 Å². The zero-order valence-electron chi connectivity index (χ0n) is 15.6. The summed E-state index contributed by atoms with van der Waals surface area (Å²) in [4.78, 5) is 33.2. The zero-order valence-corrected chi connectivity index (χ0v) is 15.6. The topological polar surface area (TPSA) is 122 Å². The van der Waals surface area contributed by atoms with Crippen LogP contribution >= 0.6 is 0 Å². The number of hydrogen-bond donors (Lipinski definition) is 0. The highest BCUT2D eigenvalue weighted by Gasteiger charge is 2.65. The Bertz CT molecular complexity index is 790. The van der Waals surface area contributed by atoms with Crippen LogP contribution < -0.4 is 0 Å². The van der Waals surface area contributed by atoms with Crippen molar-refractivity contribution in [1.29, 1.82) is 0 Å². The maximum absolute atomic E-state index is 12.7. The molecular formula is C18H22N2O7. The third-order valence-corrected chi connectivity index (χ3v) is 6.23. The molecule has 4 unspecified atom stereocenters. The Morgan fingerprint density at radius 3 is 2.11 bits per heavy atom. The number of benzene rings is 1. The van der Waals surface area contributed by atoms with Gasteiger partial charge in [-0.3, -0.25) is 20.2 Å². The molecule has 2 aliphatic rings. The Hall–Kier alpha value is -2.55. The molecule has 0 amide bonds. The molecule has 3 rings (SSSR count). The van der Waals surface area contributed by atoms with Crippen molar-refractivity contribution in [2.75, 3.05) is 7.11 Å². The van der Waals surface area contributed by atoms with Crippen molar-refractivity contribution in [3.63, 3.8) is 0 Å². The molecule has 0 aromatic heterocycles. The largest absolute Gasteiger partial charge is 0.453 e. The van der Waals surface area contributed by atoms with Crippen LogP contribution in [0.4, 0.5) is 11.4 Å². The molecule has 0 N–H and O–H groups in total. The molecule has 0 heterocycles. The van der Waals surface area contributed by atoms with Gasteiger partial charge in [0.25, 0.3) is 11.4 Å². The van der Waals surface area contributed by atoms with Gasteiger partial charge >= 0.3 is 5.97 Å².